The van der Waals surface area contributed by atoms with Gasteiger partial charge in [0.1, 0.15) is 15.3 Å². The molecule has 2 heterocycles. The number of anilines is 2. The molecule has 25 heavy (non-hydrogen) atoms. The van der Waals surface area contributed by atoms with Gasteiger partial charge in [-0.2, -0.15) is 0 Å². The summed E-state index contributed by atoms with van der Waals surface area (Å²) in [5.74, 6) is -1.91. The van der Waals surface area contributed by atoms with Gasteiger partial charge in [0.05, 0.1) is 5.69 Å². The fraction of sp³-hybridized carbons (Fsp3) is 0. The second-order valence-corrected chi connectivity index (χ2v) is 6.91. The number of fused-ring (bicyclic) bond motifs is 1. The number of nitrogens with two attached hydrogens (primary N) is 1. The monoisotopic (exact) mass is 397 g/mol. The van der Waals surface area contributed by atoms with Crippen molar-refractivity contribution in [3.63, 3.8) is 0 Å². The van der Waals surface area contributed by atoms with Gasteiger partial charge in [-0.05, 0) is 24.3 Å². The third kappa shape index (κ3) is 3.32. The van der Waals surface area contributed by atoms with Crippen LogP contribution in [0.5, 0.6) is 0 Å². The van der Waals surface area contributed by atoms with E-state index in [-0.39, 0.29) is 16.0 Å². The molecule has 0 atom stereocenters. The lowest BCUT2D eigenvalue weighted by atomic mass is 10.2. The fourth-order valence-electron chi connectivity index (χ4n) is 2.21. The third-order valence-corrected chi connectivity index (χ3v) is 4.87. The van der Waals surface area contributed by atoms with E-state index in [0.717, 1.165) is 17.4 Å². The summed E-state index contributed by atoms with van der Waals surface area (Å²) in [5.41, 5.74) is 5.18. The highest BCUT2D eigenvalue weighted by atomic mass is 35.5. The van der Waals surface area contributed by atoms with Crippen molar-refractivity contribution in [1.29, 1.82) is 0 Å². The van der Waals surface area contributed by atoms with Crippen LogP contribution in [-0.2, 0) is 0 Å². The molecular weight excluding hydrogens is 389 g/mol. The zero-order valence-electron chi connectivity index (χ0n) is 12.2. The Hall–Kier alpha value is -2.55. The van der Waals surface area contributed by atoms with E-state index in [2.05, 4.69) is 10.3 Å². The summed E-state index contributed by atoms with van der Waals surface area (Å²) >= 11 is 12.7. The molecule has 0 aliphatic heterocycles. The molecule has 3 rings (SSSR count). The van der Waals surface area contributed by atoms with E-state index < -0.39 is 23.0 Å². The first kappa shape index (κ1) is 17.3. The molecule has 0 bridgehead atoms. The van der Waals surface area contributed by atoms with Gasteiger partial charge in [-0.15, -0.1) is 11.3 Å². The van der Waals surface area contributed by atoms with Crippen LogP contribution in [-0.4, -0.2) is 22.0 Å². The maximum atomic E-state index is 12.5. The average Bonchev–Trinajstić information content (AvgIpc) is 2.81. The number of hydrogen-bond acceptors (Lipinski definition) is 5. The first-order valence-electron chi connectivity index (χ1n) is 6.72. The summed E-state index contributed by atoms with van der Waals surface area (Å²) in [4.78, 5) is 38.1. The summed E-state index contributed by atoms with van der Waals surface area (Å²) in [6.07, 6.45) is 0. The molecule has 1 aromatic carbocycles. The average molecular weight is 398 g/mol. The van der Waals surface area contributed by atoms with Crippen LogP contribution in [0.3, 0.4) is 0 Å². The molecule has 0 saturated carbocycles. The van der Waals surface area contributed by atoms with Crippen LogP contribution in [0.25, 0.3) is 10.2 Å². The lowest BCUT2D eigenvalue weighted by Crippen LogP contribution is -2.16. The number of carboxylic acids is 1. The van der Waals surface area contributed by atoms with Crippen molar-refractivity contribution >= 4 is 68.0 Å². The third-order valence-electron chi connectivity index (χ3n) is 3.30. The van der Waals surface area contributed by atoms with E-state index in [0.29, 0.717) is 20.6 Å². The van der Waals surface area contributed by atoms with Gasteiger partial charge in [-0.25, -0.2) is 4.79 Å². The molecule has 7 nitrogen and oxygen atoms in total. The number of carbonyl (C=O) groups excluding carboxylic acids is 1. The summed E-state index contributed by atoms with van der Waals surface area (Å²) in [6.45, 7) is 0. The second-order valence-electron chi connectivity index (χ2n) is 5.02. The minimum absolute atomic E-state index is 0.0735. The highest BCUT2D eigenvalue weighted by molar-refractivity contribution is 7.21. The number of rotatable bonds is 3. The lowest BCUT2D eigenvalue weighted by molar-refractivity contribution is 0.0695. The van der Waals surface area contributed by atoms with Crippen molar-refractivity contribution in [2.75, 3.05) is 11.1 Å². The first-order chi connectivity index (χ1) is 11.8. The van der Waals surface area contributed by atoms with Crippen molar-refractivity contribution in [2.45, 2.75) is 0 Å². The van der Waals surface area contributed by atoms with Crippen LogP contribution in [0.2, 0.25) is 10.0 Å². The molecule has 5 N–H and O–H groups in total. The van der Waals surface area contributed by atoms with E-state index in [9.17, 15) is 14.4 Å². The van der Waals surface area contributed by atoms with Crippen molar-refractivity contribution in [2.24, 2.45) is 0 Å². The highest BCUT2D eigenvalue weighted by Gasteiger charge is 2.20. The second kappa shape index (κ2) is 6.40. The number of benzene rings is 1. The zero-order chi connectivity index (χ0) is 18.3. The number of amides is 1. The van der Waals surface area contributed by atoms with Crippen LogP contribution in [0.1, 0.15) is 20.0 Å². The van der Waals surface area contributed by atoms with Crippen LogP contribution < -0.4 is 16.6 Å². The minimum Gasteiger partial charge on any atom is -0.477 e. The molecule has 0 aliphatic rings. The topological polar surface area (TPSA) is 125 Å². The molecule has 0 spiro atoms. The molecule has 0 radical (unpaired) electrons. The predicted octanol–water partition coefficient (Wildman–Crippen LogP) is 3.43. The summed E-state index contributed by atoms with van der Waals surface area (Å²) in [5, 5.41) is 12.6. The largest absolute Gasteiger partial charge is 0.477 e. The van der Waals surface area contributed by atoms with E-state index >= 15 is 0 Å². The van der Waals surface area contributed by atoms with Crippen LogP contribution in [0.4, 0.5) is 11.4 Å². The number of aromatic amines is 1. The number of carboxylic acid groups (broad SMARTS) is 1. The van der Waals surface area contributed by atoms with Gasteiger partial charge < -0.3 is 21.1 Å². The molecular formula is C15H9Cl2N3O4S. The lowest BCUT2D eigenvalue weighted by Gasteiger charge is -2.05. The van der Waals surface area contributed by atoms with Gasteiger partial charge in [-0.1, -0.05) is 23.2 Å². The Labute approximate surface area is 154 Å². The quantitative estimate of drug-likeness (QED) is 0.538. The summed E-state index contributed by atoms with van der Waals surface area (Å²) in [6, 6.07) is 5.69. The predicted molar refractivity (Wildman–Crippen MR) is 98.2 cm³/mol. The van der Waals surface area contributed by atoms with Gasteiger partial charge in [0.15, 0.2) is 0 Å². The van der Waals surface area contributed by atoms with Crippen molar-refractivity contribution in [3.05, 3.63) is 55.1 Å². The summed E-state index contributed by atoms with van der Waals surface area (Å²) in [7, 11) is 0. The number of thiophene rings is 1. The van der Waals surface area contributed by atoms with Crippen LogP contribution in [0.15, 0.2) is 29.1 Å². The normalized spacial score (nSPS) is 10.8. The number of pyridine rings is 1. The number of nitrogen functional groups attached to an aromatic ring is 1. The number of H-pyrrole nitrogens is 1. The van der Waals surface area contributed by atoms with Gasteiger partial charge in [0.2, 0.25) is 0 Å². The van der Waals surface area contributed by atoms with E-state index in [4.69, 9.17) is 34.0 Å². The number of hydrogen-bond donors (Lipinski definition) is 4. The summed E-state index contributed by atoms with van der Waals surface area (Å²) < 4.78 is 0. The highest BCUT2D eigenvalue weighted by Crippen LogP contribution is 2.33. The zero-order valence-corrected chi connectivity index (χ0v) is 14.6. The maximum Gasteiger partial charge on any atom is 0.341 e. The van der Waals surface area contributed by atoms with Gasteiger partial charge in [0, 0.05) is 21.1 Å². The van der Waals surface area contributed by atoms with E-state index in [1.807, 2.05) is 0 Å². The Balaban J connectivity index is 2.03. The molecule has 2 aromatic heterocycles. The van der Waals surface area contributed by atoms with Gasteiger partial charge in [0.25, 0.3) is 11.5 Å². The van der Waals surface area contributed by atoms with Crippen LogP contribution in [0, 0.1) is 0 Å². The van der Waals surface area contributed by atoms with E-state index in [1.165, 1.54) is 18.2 Å². The number of halogens is 2. The minimum atomic E-state index is -1.38. The first-order valence-corrected chi connectivity index (χ1v) is 8.29. The fourth-order valence-corrected chi connectivity index (χ4v) is 3.73. The number of carbonyl (C=O) groups is 2. The molecule has 0 fully saturated rings. The van der Waals surface area contributed by atoms with Crippen molar-refractivity contribution < 1.29 is 14.7 Å². The standard InChI is InChI=1S/C15H9Cl2N3O4S/c16-5-1-6(17)3-7(2-5)19-13(22)11-10(18)8-4-9(15(23)24)12(21)20-14(8)25-11/h1-4H,18H2,(H,19,22)(H,20,21)(H,23,24). The molecule has 3 aromatic rings. The Morgan fingerprint density at radius 1 is 1.16 bits per heavy atom. The Morgan fingerprint density at radius 3 is 2.40 bits per heavy atom. The van der Waals surface area contributed by atoms with Gasteiger partial charge >= 0.3 is 5.97 Å². The van der Waals surface area contributed by atoms with Crippen molar-refractivity contribution in [3.8, 4) is 0 Å². The molecule has 10 heteroatoms. The molecule has 0 unspecified atom stereocenters. The number of aromatic nitrogens is 1. The van der Waals surface area contributed by atoms with Crippen LogP contribution >= 0.6 is 34.5 Å². The number of nitrogens with one attached hydrogen (secondary N) is 2. The van der Waals surface area contributed by atoms with Gasteiger partial charge in [-0.3, -0.25) is 9.59 Å². The molecule has 0 aliphatic carbocycles. The molecule has 128 valence electrons. The maximum absolute atomic E-state index is 12.5. The Morgan fingerprint density at radius 2 is 1.80 bits per heavy atom. The SMILES string of the molecule is Nc1c(C(=O)Nc2cc(Cl)cc(Cl)c2)sc2[nH]c(=O)c(C(=O)O)cc12. The Bertz CT molecular complexity index is 1070. The van der Waals surface area contributed by atoms with Crippen molar-refractivity contribution in [1.82, 2.24) is 4.98 Å². The molecule has 1 amide bonds. The van der Waals surface area contributed by atoms with E-state index in [1.54, 1.807) is 0 Å². The Kier molecular flexibility index (Phi) is 4.42. The molecule has 0 saturated heterocycles. The smallest absolute Gasteiger partial charge is 0.341 e. The number of aromatic carboxylic acids is 1.